The van der Waals surface area contributed by atoms with E-state index in [0.717, 1.165) is 18.0 Å². The van der Waals surface area contributed by atoms with Crippen molar-refractivity contribution in [3.63, 3.8) is 0 Å². The summed E-state index contributed by atoms with van der Waals surface area (Å²) in [5.74, 6) is 0.923. The van der Waals surface area contributed by atoms with Crippen LogP contribution >= 0.6 is 15.9 Å². The number of hydrogen-bond donors (Lipinski definition) is 1. The van der Waals surface area contributed by atoms with Crippen molar-refractivity contribution < 1.29 is 4.74 Å². The van der Waals surface area contributed by atoms with Crippen LogP contribution in [-0.2, 0) is 6.54 Å². The number of ether oxygens (including phenoxy) is 1. The zero-order valence-electron chi connectivity index (χ0n) is 12.2. The Bertz CT molecular complexity index is 555. The lowest BCUT2D eigenvalue weighted by Gasteiger charge is -2.11. The van der Waals surface area contributed by atoms with Crippen LogP contribution in [0.2, 0.25) is 0 Å². The van der Waals surface area contributed by atoms with Crippen LogP contribution in [0.1, 0.15) is 23.6 Å². The van der Waals surface area contributed by atoms with Gasteiger partial charge >= 0.3 is 0 Å². The molecule has 0 heterocycles. The minimum atomic E-state index is 0.703. The van der Waals surface area contributed by atoms with Crippen molar-refractivity contribution in [1.82, 2.24) is 0 Å². The van der Waals surface area contributed by atoms with Gasteiger partial charge in [0.1, 0.15) is 5.75 Å². The highest BCUT2D eigenvalue weighted by molar-refractivity contribution is 9.10. The van der Waals surface area contributed by atoms with E-state index in [2.05, 4.69) is 59.4 Å². The van der Waals surface area contributed by atoms with Gasteiger partial charge in [0.15, 0.2) is 0 Å². The third-order valence-electron chi connectivity index (χ3n) is 3.17. The second-order valence-electron chi connectivity index (χ2n) is 4.85. The minimum Gasteiger partial charge on any atom is -0.494 e. The number of aryl methyl sites for hydroxylation is 2. The van der Waals surface area contributed by atoms with Crippen molar-refractivity contribution in [3.05, 3.63) is 57.6 Å². The molecular weight excluding hydrogens is 314 g/mol. The highest BCUT2D eigenvalue weighted by atomic mass is 79.9. The van der Waals surface area contributed by atoms with Crippen molar-refractivity contribution in [3.8, 4) is 5.75 Å². The van der Waals surface area contributed by atoms with E-state index < -0.39 is 0 Å². The summed E-state index contributed by atoms with van der Waals surface area (Å²) in [6.45, 7) is 7.73. The summed E-state index contributed by atoms with van der Waals surface area (Å²) in [6.07, 6.45) is 0. The molecule has 0 atom stereocenters. The van der Waals surface area contributed by atoms with E-state index in [4.69, 9.17) is 4.74 Å². The molecule has 0 unspecified atom stereocenters. The van der Waals surface area contributed by atoms with Gasteiger partial charge in [-0.3, -0.25) is 0 Å². The lowest BCUT2D eigenvalue weighted by molar-refractivity contribution is 0.340. The first kappa shape index (κ1) is 14.9. The number of rotatable bonds is 5. The third-order valence-corrected chi connectivity index (χ3v) is 4.42. The maximum atomic E-state index is 5.44. The Hall–Kier alpha value is -1.48. The van der Waals surface area contributed by atoms with Crippen LogP contribution < -0.4 is 10.1 Å². The van der Waals surface area contributed by atoms with E-state index in [1.807, 2.05) is 19.1 Å². The molecule has 0 bridgehead atoms. The number of halogens is 1. The highest BCUT2D eigenvalue weighted by Gasteiger charge is 2.02. The second-order valence-corrected chi connectivity index (χ2v) is 5.65. The lowest BCUT2D eigenvalue weighted by atomic mass is 10.1. The summed E-state index contributed by atoms with van der Waals surface area (Å²) in [5, 5.41) is 3.46. The predicted octanol–water partition coefficient (Wildman–Crippen LogP) is 5.08. The fourth-order valence-corrected chi connectivity index (χ4v) is 2.35. The molecule has 2 rings (SSSR count). The van der Waals surface area contributed by atoms with Crippen molar-refractivity contribution in [2.75, 3.05) is 11.9 Å². The Balaban J connectivity index is 2.01. The average molecular weight is 334 g/mol. The Morgan fingerprint density at radius 2 is 1.65 bits per heavy atom. The fraction of sp³-hybridized carbons (Fsp3) is 0.294. The van der Waals surface area contributed by atoms with Crippen LogP contribution in [0.25, 0.3) is 0 Å². The van der Waals surface area contributed by atoms with Crippen LogP contribution in [0.5, 0.6) is 5.75 Å². The molecule has 0 fully saturated rings. The summed E-state index contributed by atoms with van der Waals surface area (Å²) in [5.41, 5.74) is 4.89. The van der Waals surface area contributed by atoms with Gasteiger partial charge in [-0.05, 0) is 61.7 Å². The second kappa shape index (κ2) is 6.80. The van der Waals surface area contributed by atoms with Crippen molar-refractivity contribution in [2.24, 2.45) is 0 Å². The standard InChI is InChI=1S/C17H20BrNO/c1-4-20-16-7-5-14(6-8-16)11-19-15-9-12(2)17(18)13(3)10-15/h5-10,19H,4,11H2,1-3H3. The van der Waals surface area contributed by atoms with Crippen LogP contribution in [0.3, 0.4) is 0 Å². The van der Waals surface area contributed by atoms with Crippen LogP contribution in [0, 0.1) is 13.8 Å². The molecule has 2 aromatic carbocycles. The Labute approximate surface area is 129 Å². The fourth-order valence-electron chi connectivity index (χ4n) is 2.12. The topological polar surface area (TPSA) is 21.3 Å². The molecule has 2 aromatic rings. The first-order valence-corrected chi connectivity index (χ1v) is 7.62. The normalized spacial score (nSPS) is 10.4. The largest absolute Gasteiger partial charge is 0.494 e. The molecule has 1 N–H and O–H groups in total. The SMILES string of the molecule is CCOc1ccc(CNc2cc(C)c(Br)c(C)c2)cc1. The quantitative estimate of drug-likeness (QED) is 0.824. The van der Waals surface area contributed by atoms with E-state index in [-0.39, 0.29) is 0 Å². The molecule has 0 spiro atoms. The van der Waals surface area contributed by atoms with E-state index >= 15 is 0 Å². The minimum absolute atomic E-state index is 0.703. The molecule has 0 aliphatic rings. The van der Waals surface area contributed by atoms with E-state index in [1.165, 1.54) is 21.2 Å². The summed E-state index contributed by atoms with van der Waals surface area (Å²) >= 11 is 3.59. The molecule has 0 saturated heterocycles. The molecule has 0 radical (unpaired) electrons. The van der Waals surface area contributed by atoms with Crippen molar-refractivity contribution in [2.45, 2.75) is 27.3 Å². The Morgan fingerprint density at radius 1 is 1.05 bits per heavy atom. The zero-order chi connectivity index (χ0) is 14.5. The summed E-state index contributed by atoms with van der Waals surface area (Å²) in [7, 11) is 0. The van der Waals surface area contributed by atoms with Gasteiger partial charge in [-0.25, -0.2) is 0 Å². The average Bonchev–Trinajstić information content (AvgIpc) is 2.44. The molecule has 0 aromatic heterocycles. The third kappa shape index (κ3) is 3.76. The van der Waals surface area contributed by atoms with Crippen molar-refractivity contribution >= 4 is 21.6 Å². The maximum Gasteiger partial charge on any atom is 0.119 e. The van der Waals surface area contributed by atoms with Gasteiger partial charge in [0.2, 0.25) is 0 Å². The van der Waals surface area contributed by atoms with Gasteiger partial charge in [0.25, 0.3) is 0 Å². The van der Waals surface area contributed by atoms with Gasteiger partial charge in [0.05, 0.1) is 6.61 Å². The van der Waals surface area contributed by atoms with E-state index in [1.54, 1.807) is 0 Å². The molecular formula is C17H20BrNO. The Kier molecular flexibility index (Phi) is 5.07. The summed E-state index contributed by atoms with van der Waals surface area (Å²) < 4.78 is 6.63. The Morgan fingerprint density at radius 3 is 2.20 bits per heavy atom. The number of hydrogen-bond acceptors (Lipinski definition) is 2. The van der Waals surface area contributed by atoms with Gasteiger partial charge in [-0.1, -0.05) is 28.1 Å². The number of benzene rings is 2. The first-order valence-electron chi connectivity index (χ1n) is 6.82. The number of anilines is 1. The molecule has 2 nitrogen and oxygen atoms in total. The molecule has 0 aliphatic carbocycles. The smallest absolute Gasteiger partial charge is 0.119 e. The lowest BCUT2D eigenvalue weighted by Crippen LogP contribution is -2.00. The van der Waals surface area contributed by atoms with Crippen molar-refractivity contribution in [1.29, 1.82) is 0 Å². The maximum absolute atomic E-state index is 5.44. The molecule has 20 heavy (non-hydrogen) atoms. The molecule has 0 amide bonds. The van der Waals surface area contributed by atoms with Crippen LogP contribution in [0.4, 0.5) is 5.69 Å². The van der Waals surface area contributed by atoms with Gasteiger partial charge in [0, 0.05) is 16.7 Å². The van der Waals surface area contributed by atoms with Gasteiger partial charge in [-0.2, -0.15) is 0 Å². The highest BCUT2D eigenvalue weighted by Crippen LogP contribution is 2.25. The number of nitrogens with one attached hydrogen (secondary N) is 1. The van der Waals surface area contributed by atoms with Crippen LogP contribution in [-0.4, -0.2) is 6.61 Å². The van der Waals surface area contributed by atoms with E-state index in [0.29, 0.717) is 6.61 Å². The summed E-state index contributed by atoms with van der Waals surface area (Å²) in [4.78, 5) is 0. The van der Waals surface area contributed by atoms with E-state index in [9.17, 15) is 0 Å². The molecule has 3 heteroatoms. The molecule has 0 saturated carbocycles. The summed E-state index contributed by atoms with van der Waals surface area (Å²) in [6, 6.07) is 12.5. The zero-order valence-corrected chi connectivity index (χ0v) is 13.8. The van der Waals surface area contributed by atoms with Gasteiger partial charge in [-0.15, -0.1) is 0 Å². The first-order chi connectivity index (χ1) is 9.60. The molecule has 106 valence electrons. The van der Waals surface area contributed by atoms with Gasteiger partial charge < -0.3 is 10.1 Å². The predicted molar refractivity (Wildman–Crippen MR) is 88.6 cm³/mol. The molecule has 0 aliphatic heterocycles. The monoisotopic (exact) mass is 333 g/mol. The van der Waals surface area contributed by atoms with Crippen LogP contribution in [0.15, 0.2) is 40.9 Å².